The number of hydrogen-bond donors (Lipinski definition) is 2. The smallest absolute Gasteiger partial charge is 0.146 e. The van der Waals surface area contributed by atoms with Crippen molar-refractivity contribution in [2.45, 2.75) is 13.8 Å². The predicted octanol–water partition coefficient (Wildman–Crippen LogP) is 3.16. The fourth-order valence-corrected chi connectivity index (χ4v) is 1.48. The quantitative estimate of drug-likeness (QED) is 0.834. The molecule has 2 aromatic rings. The van der Waals surface area contributed by atoms with Crippen molar-refractivity contribution in [3.05, 3.63) is 47.4 Å². The van der Waals surface area contributed by atoms with Gasteiger partial charge >= 0.3 is 0 Å². The first-order chi connectivity index (χ1) is 8.06. The van der Waals surface area contributed by atoms with E-state index >= 15 is 0 Å². The zero-order chi connectivity index (χ0) is 12.4. The summed E-state index contributed by atoms with van der Waals surface area (Å²) in [6, 6.07) is 6.57. The van der Waals surface area contributed by atoms with E-state index in [4.69, 9.17) is 5.73 Å². The van der Waals surface area contributed by atoms with E-state index in [0.717, 1.165) is 11.1 Å². The van der Waals surface area contributed by atoms with Gasteiger partial charge in [0.15, 0.2) is 0 Å². The molecule has 2 rings (SSSR count). The van der Waals surface area contributed by atoms with Crippen LogP contribution in [0.3, 0.4) is 0 Å². The van der Waals surface area contributed by atoms with Crippen molar-refractivity contribution in [3.63, 3.8) is 0 Å². The lowest BCUT2D eigenvalue weighted by Gasteiger charge is -2.09. The number of hydrogen-bond acceptors (Lipinski definition) is 3. The molecule has 0 amide bonds. The van der Waals surface area contributed by atoms with Gasteiger partial charge in [-0.15, -0.1) is 0 Å². The molecule has 0 aliphatic rings. The first kappa shape index (κ1) is 11.4. The minimum Gasteiger partial charge on any atom is -0.398 e. The highest BCUT2D eigenvalue weighted by atomic mass is 19.1. The molecule has 0 saturated heterocycles. The summed E-state index contributed by atoms with van der Waals surface area (Å²) in [6.07, 6.45) is 1.66. The van der Waals surface area contributed by atoms with Gasteiger partial charge in [0.1, 0.15) is 11.6 Å². The number of nitrogens with two attached hydrogens (primary N) is 1. The Morgan fingerprint density at radius 3 is 2.71 bits per heavy atom. The number of nitrogens with one attached hydrogen (secondary N) is 1. The molecule has 0 aliphatic carbocycles. The van der Waals surface area contributed by atoms with Gasteiger partial charge in [0.05, 0.1) is 5.69 Å². The third-order valence-electron chi connectivity index (χ3n) is 2.53. The maximum absolute atomic E-state index is 13.5. The number of benzene rings is 1. The molecule has 0 aliphatic heterocycles. The van der Waals surface area contributed by atoms with Crippen LogP contribution in [-0.2, 0) is 0 Å². The molecular formula is C13H14FN3. The molecule has 0 bridgehead atoms. The van der Waals surface area contributed by atoms with Crippen molar-refractivity contribution in [2.75, 3.05) is 11.1 Å². The van der Waals surface area contributed by atoms with E-state index in [-0.39, 0.29) is 5.82 Å². The first-order valence-electron chi connectivity index (χ1n) is 5.31. The summed E-state index contributed by atoms with van der Waals surface area (Å²) in [5, 5.41) is 2.91. The second-order valence-electron chi connectivity index (χ2n) is 4.03. The van der Waals surface area contributed by atoms with Gasteiger partial charge in [0.2, 0.25) is 0 Å². The van der Waals surface area contributed by atoms with Gasteiger partial charge < -0.3 is 11.1 Å². The average Bonchev–Trinajstić information content (AvgIpc) is 2.29. The second kappa shape index (κ2) is 4.41. The van der Waals surface area contributed by atoms with Crippen molar-refractivity contribution in [2.24, 2.45) is 0 Å². The largest absolute Gasteiger partial charge is 0.398 e. The van der Waals surface area contributed by atoms with Crippen LogP contribution in [0.2, 0.25) is 0 Å². The Hall–Kier alpha value is -2.10. The van der Waals surface area contributed by atoms with Gasteiger partial charge in [0.25, 0.3) is 0 Å². The molecule has 4 heteroatoms. The topological polar surface area (TPSA) is 50.9 Å². The van der Waals surface area contributed by atoms with Gasteiger partial charge in [-0.2, -0.15) is 0 Å². The number of rotatable bonds is 2. The Bertz CT molecular complexity index is 552. The molecule has 0 radical (unpaired) electrons. The van der Waals surface area contributed by atoms with Crippen LogP contribution in [0.25, 0.3) is 0 Å². The Balaban J connectivity index is 2.31. The van der Waals surface area contributed by atoms with Crippen LogP contribution in [0, 0.1) is 19.7 Å². The molecular weight excluding hydrogens is 217 g/mol. The highest BCUT2D eigenvalue weighted by molar-refractivity contribution is 5.62. The predicted molar refractivity (Wildman–Crippen MR) is 67.8 cm³/mol. The summed E-state index contributed by atoms with van der Waals surface area (Å²) in [7, 11) is 0. The van der Waals surface area contributed by atoms with E-state index in [9.17, 15) is 4.39 Å². The highest BCUT2D eigenvalue weighted by Gasteiger charge is 2.04. The van der Waals surface area contributed by atoms with Crippen LogP contribution < -0.4 is 11.1 Å². The third kappa shape index (κ3) is 2.53. The number of anilines is 3. The van der Waals surface area contributed by atoms with Crippen LogP contribution in [0.4, 0.5) is 21.6 Å². The minimum absolute atomic E-state index is 0.309. The third-order valence-corrected chi connectivity index (χ3v) is 2.53. The number of pyridine rings is 1. The van der Waals surface area contributed by atoms with Gasteiger partial charge in [-0.3, -0.25) is 0 Å². The first-order valence-corrected chi connectivity index (χ1v) is 5.31. The van der Waals surface area contributed by atoms with Gasteiger partial charge in [-0.25, -0.2) is 9.37 Å². The number of nitrogens with zero attached hydrogens (tertiary/aromatic N) is 1. The summed E-state index contributed by atoms with van der Waals surface area (Å²) in [5.41, 5.74) is 8.69. The minimum atomic E-state index is -0.309. The molecule has 3 N–H and O–H groups in total. The lowest BCUT2D eigenvalue weighted by molar-refractivity contribution is 0.631. The Morgan fingerprint density at radius 1 is 1.24 bits per heavy atom. The molecule has 1 heterocycles. The number of aromatic nitrogens is 1. The molecule has 0 fully saturated rings. The average molecular weight is 231 g/mol. The van der Waals surface area contributed by atoms with E-state index < -0.39 is 0 Å². The molecule has 0 saturated carbocycles. The van der Waals surface area contributed by atoms with Crippen LogP contribution >= 0.6 is 0 Å². The highest BCUT2D eigenvalue weighted by Crippen LogP contribution is 2.21. The number of halogens is 1. The Labute approximate surface area is 99.5 Å². The van der Waals surface area contributed by atoms with Crippen LogP contribution in [0.1, 0.15) is 11.1 Å². The maximum atomic E-state index is 13.5. The molecule has 17 heavy (non-hydrogen) atoms. The van der Waals surface area contributed by atoms with Gasteiger partial charge in [0, 0.05) is 18.0 Å². The second-order valence-corrected chi connectivity index (χ2v) is 4.03. The van der Waals surface area contributed by atoms with E-state index in [1.807, 2.05) is 13.8 Å². The summed E-state index contributed by atoms with van der Waals surface area (Å²) < 4.78 is 13.5. The van der Waals surface area contributed by atoms with E-state index in [2.05, 4.69) is 10.3 Å². The zero-order valence-corrected chi connectivity index (χ0v) is 9.79. The van der Waals surface area contributed by atoms with Crippen molar-refractivity contribution in [3.8, 4) is 0 Å². The molecule has 0 unspecified atom stereocenters. The Morgan fingerprint density at radius 2 is 2.00 bits per heavy atom. The fraction of sp³-hybridized carbons (Fsp3) is 0.154. The van der Waals surface area contributed by atoms with Crippen LogP contribution in [0.5, 0.6) is 0 Å². The molecule has 0 atom stereocenters. The van der Waals surface area contributed by atoms with E-state index in [1.54, 1.807) is 24.4 Å². The normalized spacial score (nSPS) is 10.3. The van der Waals surface area contributed by atoms with Crippen molar-refractivity contribution < 1.29 is 4.39 Å². The van der Waals surface area contributed by atoms with Crippen molar-refractivity contribution in [1.29, 1.82) is 0 Å². The maximum Gasteiger partial charge on any atom is 0.146 e. The molecule has 88 valence electrons. The number of nitrogen functional groups attached to an aromatic ring is 1. The lowest BCUT2D eigenvalue weighted by Crippen LogP contribution is -1.99. The summed E-state index contributed by atoms with van der Waals surface area (Å²) in [4.78, 5) is 4.15. The Kier molecular flexibility index (Phi) is 2.95. The molecule has 3 nitrogen and oxygen atoms in total. The summed E-state index contributed by atoms with van der Waals surface area (Å²) >= 11 is 0. The van der Waals surface area contributed by atoms with E-state index in [0.29, 0.717) is 17.2 Å². The monoisotopic (exact) mass is 231 g/mol. The van der Waals surface area contributed by atoms with Crippen LogP contribution in [0.15, 0.2) is 30.5 Å². The molecule has 0 spiro atoms. The molecule has 1 aromatic carbocycles. The van der Waals surface area contributed by atoms with Crippen molar-refractivity contribution >= 4 is 17.2 Å². The standard InChI is InChI=1S/C13H14FN3/c1-8-3-4-10(14)12(5-8)17-13-6-11(15)9(2)7-16-13/h3-7H,1-2H3,(H3,15,16,17). The number of aryl methyl sites for hydroxylation is 2. The van der Waals surface area contributed by atoms with Gasteiger partial charge in [-0.1, -0.05) is 6.07 Å². The lowest BCUT2D eigenvalue weighted by atomic mass is 10.2. The SMILES string of the molecule is Cc1ccc(F)c(Nc2cc(N)c(C)cn2)c1. The van der Waals surface area contributed by atoms with Gasteiger partial charge in [-0.05, 0) is 37.1 Å². The van der Waals surface area contributed by atoms with E-state index in [1.165, 1.54) is 6.07 Å². The fourth-order valence-electron chi connectivity index (χ4n) is 1.48. The summed E-state index contributed by atoms with van der Waals surface area (Å²) in [5.74, 6) is 0.231. The van der Waals surface area contributed by atoms with Crippen LogP contribution in [-0.4, -0.2) is 4.98 Å². The molecule has 1 aromatic heterocycles. The van der Waals surface area contributed by atoms with Crippen molar-refractivity contribution in [1.82, 2.24) is 4.98 Å². The zero-order valence-electron chi connectivity index (χ0n) is 9.79. The summed E-state index contributed by atoms with van der Waals surface area (Å²) in [6.45, 7) is 3.78.